The zero-order chi connectivity index (χ0) is 24.0. The van der Waals surface area contributed by atoms with E-state index in [4.69, 9.17) is 9.47 Å². The summed E-state index contributed by atoms with van der Waals surface area (Å²) in [7, 11) is 4.84. The van der Waals surface area contributed by atoms with Crippen molar-refractivity contribution in [3.8, 4) is 17.2 Å². The number of rotatable bonds is 6. The number of ether oxygens (including phenoxy) is 2. The summed E-state index contributed by atoms with van der Waals surface area (Å²) in [5.41, 5.74) is 2.43. The van der Waals surface area contributed by atoms with E-state index in [0.29, 0.717) is 0 Å². The van der Waals surface area contributed by atoms with Gasteiger partial charge in [0.25, 0.3) is 0 Å². The van der Waals surface area contributed by atoms with Gasteiger partial charge in [-0.05, 0) is 36.1 Å². The number of nitrogens with zero attached hydrogens (tertiary/aromatic N) is 1. The molecule has 1 radical (unpaired) electrons. The van der Waals surface area contributed by atoms with Crippen molar-refractivity contribution in [3.05, 3.63) is 96.4 Å². The Hall–Kier alpha value is -1.72. The molecular weight excluding hydrogens is 523 g/mol. The Bertz CT molecular complexity index is 1150. The minimum absolute atomic E-state index is 0. The predicted molar refractivity (Wildman–Crippen MR) is 137 cm³/mol. The summed E-state index contributed by atoms with van der Waals surface area (Å²) in [5.74, 6) is 4.41. The second kappa shape index (κ2) is 10.2. The van der Waals surface area contributed by atoms with E-state index in [0.717, 1.165) is 64.7 Å². The summed E-state index contributed by atoms with van der Waals surface area (Å²) >= 11 is 0. The van der Waals surface area contributed by atoms with Crippen molar-refractivity contribution < 1.29 is 51.8 Å². The topological polar surface area (TPSA) is 38.7 Å². The van der Waals surface area contributed by atoms with Crippen molar-refractivity contribution >= 4 is 0 Å². The summed E-state index contributed by atoms with van der Waals surface area (Å²) in [6.07, 6.45) is 6.15. The van der Waals surface area contributed by atoms with E-state index in [1.54, 1.807) is 0 Å². The summed E-state index contributed by atoms with van der Waals surface area (Å²) in [6, 6.07) is 26.2. The number of fused-ring (bicyclic) bond motifs is 2. The van der Waals surface area contributed by atoms with Gasteiger partial charge in [-0.1, -0.05) is 61.0 Å². The Morgan fingerprint density at radius 3 is 2.08 bits per heavy atom. The average molecular weight is 559 g/mol. The van der Waals surface area contributed by atoms with Gasteiger partial charge in [0.1, 0.15) is 23.4 Å². The minimum Gasteiger partial charge on any atom is -0.493 e. The van der Waals surface area contributed by atoms with Gasteiger partial charge in [0.15, 0.2) is 0 Å². The van der Waals surface area contributed by atoms with Crippen LogP contribution in [0.2, 0.25) is 0 Å². The van der Waals surface area contributed by atoms with E-state index in [1.807, 2.05) is 78.9 Å². The van der Waals surface area contributed by atoms with Crippen LogP contribution in [0.3, 0.4) is 0 Å². The van der Waals surface area contributed by atoms with Crippen molar-refractivity contribution in [3.63, 3.8) is 0 Å². The fraction of sp³-hybridized carbons (Fsp3) is 0.387. The molecule has 3 aromatic rings. The molecule has 3 saturated carbocycles. The molecule has 5 heteroatoms. The number of hydrogen-bond donors (Lipinski definition) is 1. The number of aliphatic hydroxyl groups is 1. The molecule has 3 aliphatic carbocycles. The zero-order valence-electron chi connectivity index (χ0n) is 21.2. The molecule has 3 fully saturated rings. The maximum Gasteiger partial charge on any atom is 0.133 e. The van der Waals surface area contributed by atoms with Crippen molar-refractivity contribution in [2.45, 2.75) is 31.4 Å². The van der Waals surface area contributed by atoms with Gasteiger partial charge >= 0.3 is 0 Å². The van der Waals surface area contributed by atoms with Crippen molar-refractivity contribution in [1.29, 1.82) is 0 Å². The van der Waals surface area contributed by atoms with E-state index >= 15 is 0 Å². The quantitative estimate of drug-likeness (QED) is 0.229. The molecule has 0 amide bonds. The van der Waals surface area contributed by atoms with E-state index < -0.39 is 6.10 Å². The number of benzene rings is 3. The molecule has 3 aromatic carbocycles. The van der Waals surface area contributed by atoms with Crippen LogP contribution in [0, 0.1) is 23.7 Å². The molecule has 1 heterocycles. The first-order chi connectivity index (χ1) is 17.0. The van der Waals surface area contributed by atoms with Crippen LogP contribution in [0.5, 0.6) is 17.2 Å². The summed E-state index contributed by atoms with van der Waals surface area (Å²) < 4.78 is 12.7. The first-order valence-electron chi connectivity index (χ1n) is 12.9. The average Bonchev–Trinajstić information content (AvgIpc) is 3.54. The Labute approximate surface area is 240 Å². The van der Waals surface area contributed by atoms with Gasteiger partial charge in [0.2, 0.25) is 0 Å². The van der Waals surface area contributed by atoms with Crippen LogP contribution >= 0.6 is 0 Å². The van der Waals surface area contributed by atoms with Crippen molar-refractivity contribution in [2.75, 3.05) is 27.2 Å². The van der Waals surface area contributed by atoms with Crippen LogP contribution in [0.25, 0.3) is 0 Å². The Balaban J connectivity index is 0.000000150. The molecule has 4 atom stereocenters. The van der Waals surface area contributed by atoms with Crippen LogP contribution in [0.15, 0.2) is 78.9 Å². The third-order valence-electron chi connectivity index (χ3n) is 8.71. The van der Waals surface area contributed by atoms with Gasteiger partial charge in [-0.15, -0.1) is 5.92 Å². The standard InChI is InChI=1S/C18H25NO.C13H10O2.Y/c1-19(2,17-16-13-14-9-10-18(14,16)17)11-6-12-20-15-7-4-3-5-8-15;14-13-9-5-1-3-7-11(9)15-12-8-4-2-6-10(12)13;/h3-5,7-8,13-14,16-17H,6,9-12H2,1-2H3;1-8,13-14H;. The molecule has 36 heavy (non-hydrogen) atoms. The maximum absolute atomic E-state index is 10.1. The van der Waals surface area contributed by atoms with Gasteiger partial charge < -0.3 is 25.5 Å². The predicted octanol–water partition coefficient (Wildman–Crippen LogP) is 6.02. The number of para-hydroxylation sites is 3. The number of quaternary nitrogens is 1. The second-order valence-corrected chi connectivity index (χ2v) is 11.0. The molecule has 185 valence electrons. The summed E-state index contributed by atoms with van der Waals surface area (Å²) in [6.45, 7) is 2.07. The van der Waals surface area contributed by atoms with Gasteiger partial charge in [-0.2, -0.15) is 5.92 Å². The van der Waals surface area contributed by atoms with Gasteiger partial charge in [0, 0.05) is 50.3 Å². The molecule has 0 aromatic heterocycles. The molecule has 1 aliphatic heterocycles. The smallest absolute Gasteiger partial charge is 0.133 e. The second-order valence-electron chi connectivity index (χ2n) is 11.0. The van der Waals surface area contributed by atoms with E-state index in [2.05, 4.69) is 20.5 Å². The molecular formula is C31H35NO3Y. The largest absolute Gasteiger partial charge is 0.493 e. The zero-order valence-corrected chi connectivity index (χ0v) is 24.1. The molecule has 4 aliphatic rings. The molecule has 0 bridgehead atoms. The molecule has 4 nitrogen and oxygen atoms in total. The van der Waals surface area contributed by atoms with Gasteiger partial charge in [-0.3, -0.25) is 0 Å². The minimum atomic E-state index is -0.578. The normalized spacial score (nSPS) is 26.5. The third kappa shape index (κ3) is 4.45. The van der Waals surface area contributed by atoms with E-state index in [-0.39, 0.29) is 32.7 Å². The molecule has 0 saturated heterocycles. The van der Waals surface area contributed by atoms with Crippen LogP contribution in [0.1, 0.15) is 36.5 Å². The van der Waals surface area contributed by atoms with Gasteiger partial charge in [0.05, 0.1) is 33.3 Å². The maximum atomic E-state index is 10.1. The van der Waals surface area contributed by atoms with Gasteiger partial charge in [-0.25, -0.2) is 0 Å². The summed E-state index contributed by atoms with van der Waals surface area (Å²) in [5, 5.41) is 10.1. The van der Waals surface area contributed by atoms with Crippen LogP contribution in [-0.4, -0.2) is 42.9 Å². The number of aliphatic hydroxyl groups excluding tert-OH is 1. The molecule has 1 N–H and O–H groups in total. The molecule has 7 rings (SSSR count). The van der Waals surface area contributed by atoms with Crippen molar-refractivity contribution in [1.82, 2.24) is 0 Å². The van der Waals surface area contributed by atoms with Crippen LogP contribution in [-0.2, 0) is 32.7 Å². The third-order valence-corrected chi connectivity index (χ3v) is 8.71. The molecule has 1 spiro atoms. The van der Waals surface area contributed by atoms with Crippen LogP contribution in [0.4, 0.5) is 0 Å². The SMILES string of the molecule is C[N+](C)(CCCOc1ccccc1)C1C2[CH-]C3CCC321.OC1c2ccccc2Oc2ccccc21.[Y]. The Morgan fingerprint density at radius 1 is 0.944 bits per heavy atom. The first-order valence-corrected chi connectivity index (χ1v) is 12.9. The van der Waals surface area contributed by atoms with E-state index in [9.17, 15) is 5.11 Å². The Morgan fingerprint density at radius 2 is 1.56 bits per heavy atom. The monoisotopic (exact) mass is 558 g/mol. The fourth-order valence-electron chi connectivity index (χ4n) is 6.87. The van der Waals surface area contributed by atoms with Crippen molar-refractivity contribution in [2.24, 2.45) is 17.3 Å². The number of hydrogen-bond acceptors (Lipinski definition) is 3. The van der Waals surface area contributed by atoms with Crippen LogP contribution < -0.4 is 9.47 Å². The molecule has 4 unspecified atom stereocenters. The first kappa shape index (κ1) is 25.9. The Kier molecular flexibility index (Phi) is 7.35. The van der Waals surface area contributed by atoms with E-state index in [1.165, 1.54) is 23.9 Å². The summed E-state index contributed by atoms with van der Waals surface area (Å²) in [4.78, 5) is 0. The fourth-order valence-corrected chi connectivity index (χ4v) is 6.87.